The van der Waals surface area contributed by atoms with Gasteiger partial charge in [0.05, 0.1) is 35.8 Å². The molecule has 43 heavy (non-hydrogen) atoms. The van der Waals surface area contributed by atoms with Crippen molar-refractivity contribution >= 4 is 27.6 Å². The predicted octanol–water partition coefficient (Wildman–Crippen LogP) is 3.55. The number of aliphatic hydroxyl groups excluding tert-OH is 1. The lowest BCUT2D eigenvalue weighted by Crippen LogP contribution is -2.49. The number of hydrogen-bond acceptors (Lipinski definition) is 8. The van der Waals surface area contributed by atoms with Crippen molar-refractivity contribution in [3.8, 4) is 11.5 Å². The van der Waals surface area contributed by atoms with Crippen LogP contribution in [-0.4, -0.2) is 86.3 Å². The zero-order valence-corrected chi connectivity index (χ0v) is 25.4. The van der Waals surface area contributed by atoms with Gasteiger partial charge in [-0.1, -0.05) is 19.1 Å². The number of amides is 1. The molecular weight excluding hydrogens is 574 g/mol. The number of ether oxygens (including phenoxy) is 2. The Morgan fingerprint density at radius 3 is 2.42 bits per heavy atom. The van der Waals surface area contributed by atoms with Gasteiger partial charge < -0.3 is 24.6 Å². The van der Waals surface area contributed by atoms with Crippen LogP contribution in [0.15, 0.2) is 71.6 Å². The van der Waals surface area contributed by atoms with Crippen molar-refractivity contribution in [3.05, 3.63) is 83.4 Å². The Morgan fingerprint density at radius 1 is 1.14 bits per heavy atom. The summed E-state index contributed by atoms with van der Waals surface area (Å²) in [5.74, 6) is -0.645. The monoisotopic (exact) mass is 611 g/mol. The maximum absolute atomic E-state index is 13.7. The Hall–Kier alpha value is -4.13. The highest BCUT2D eigenvalue weighted by Crippen LogP contribution is 2.31. The number of carbonyl (C=O) groups excluding carboxylic acids is 1. The normalized spacial score (nSPS) is 17.8. The molecule has 1 aliphatic heterocycles. The van der Waals surface area contributed by atoms with Gasteiger partial charge in [0.2, 0.25) is 0 Å². The van der Waals surface area contributed by atoms with Crippen LogP contribution in [0.5, 0.6) is 11.5 Å². The standard InChI is InChI=1S/C31H37N3O8S/c1-20-16-34(21(2)19-35)30(36)27-15-24(32-43(39,40)26-12-10-25(41-4)11-13-26)9-14-28(27)42-29(20)18-33(3)17-22-5-7-23(8-6-22)31(37)38/h5-15,20-21,29,32,35H,16-19H2,1-4H3,(H,37,38)/t20-,21-,29-/m1/s1. The van der Waals surface area contributed by atoms with Crippen LogP contribution in [0.4, 0.5) is 5.69 Å². The molecule has 1 heterocycles. The van der Waals surface area contributed by atoms with Gasteiger partial charge in [0.25, 0.3) is 15.9 Å². The number of anilines is 1. The van der Waals surface area contributed by atoms with Crippen LogP contribution in [-0.2, 0) is 16.6 Å². The topological polar surface area (TPSA) is 146 Å². The third kappa shape index (κ3) is 7.64. The van der Waals surface area contributed by atoms with E-state index in [-0.39, 0.29) is 46.2 Å². The van der Waals surface area contributed by atoms with E-state index in [1.807, 2.05) is 14.0 Å². The van der Waals surface area contributed by atoms with Crippen LogP contribution >= 0.6 is 0 Å². The van der Waals surface area contributed by atoms with Crippen molar-refractivity contribution in [1.82, 2.24) is 9.80 Å². The summed E-state index contributed by atoms with van der Waals surface area (Å²) in [6, 6.07) is 16.7. The Kier molecular flexibility index (Phi) is 9.95. The summed E-state index contributed by atoms with van der Waals surface area (Å²) in [4.78, 5) is 28.6. The minimum absolute atomic E-state index is 0.0349. The molecule has 0 unspecified atom stereocenters. The molecule has 0 fully saturated rings. The minimum atomic E-state index is -3.96. The molecule has 12 heteroatoms. The van der Waals surface area contributed by atoms with E-state index in [1.165, 1.54) is 25.3 Å². The van der Waals surface area contributed by atoms with Gasteiger partial charge in [-0.15, -0.1) is 0 Å². The second kappa shape index (κ2) is 13.4. The lowest BCUT2D eigenvalue weighted by Gasteiger charge is -2.38. The molecular formula is C31H37N3O8S. The Bertz CT molecular complexity index is 1540. The van der Waals surface area contributed by atoms with Crippen molar-refractivity contribution < 1.29 is 37.7 Å². The number of aliphatic hydroxyl groups is 1. The quantitative estimate of drug-likeness (QED) is 0.296. The first-order valence-electron chi connectivity index (χ1n) is 13.8. The lowest BCUT2D eigenvalue weighted by molar-refractivity contribution is 0.0341. The van der Waals surface area contributed by atoms with Gasteiger partial charge in [-0.3, -0.25) is 14.4 Å². The molecule has 1 aliphatic rings. The Labute approximate surface area is 251 Å². The molecule has 0 bridgehead atoms. The van der Waals surface area contributed by atoms with Crippen LogP contribution in [0.1, 0.15) is 40.1 Å². The van der Waals surface area contributed by atoms with Crippen LogP contribution < -0.4 is 14.2 Å². The number of carboxylic acid groups (broad SMARTS) is 1. The molecule has 3 N–H and O–H groups in total. The third-order valence-corrected chi connectivity index (χ3v) is 8.83. The third-order valence-electron chi connectivity index (χ3n) is 7.43. The first kappa shape index (κ1) is 31.8. The van der Waals surface area contributed by atoms with Gasteiger partial charge in [-0.2, -0.15) is 0 Å². The summed E-state index contributed by atoms with van der Waals surface area (Å²) in [5.41, 5.74) is 1.52. The van der Waals surface area contributed by atoms with Crippen molar-refractivity contribution in [1.29, 1.82) is 0 Å². The molecule has 3 atom stereocenters. The first-order valence-corrected chi connectivity index (χ1v) is 15.3. The SMILES string of the molecule is COc1ccc(S(=O)(=O)Nc2ccc3c(c2)C(=O)N([C@H](C)CO)C[C@@H](C)[C@@H](CN(C)Cc2ccc(C(=O)O)cc2)O3)cc1. The van der Waals surface area contributed by atoms with Crippen molar-refractivity contribution in [3.63, 3.8) is 0 Å². The largest absolute Gasteiger partial charge is 0.497 e. The van der Waals surface area contributed by atoms with E-state index in [9.17, 15) is 23.1 Å². The fourth-order valence-corrected chi connectivity index (χ4v) is 5.96. The van der Waals surface area contributed by atoms with Gasteiger partial charge >= 0.3 is 5.97 Å². The number of methoxy groups -OCH3 is 1. The maximum atomic E-state index is 13.7. The second-order valence-electron chi connectivity index (χ2n) is 10.8. The molecule has 1 amide bonds. The summed E-state index contributed by atoms with van der Waals surface area (Å²) < 4.78 is 40.2. The molecule has 3 aromatic carbocycles. The van der Waals surface area contributed by atoms with Gasteiger partial charge in [-0.05, 0) is 74.1 Å². The smallest absolute Gasteiger partial charge is 0.335 e. The van der Waals surface area contributed by atoms with Crippen LogP contribution in [0.25, 0.3) is 0 Å². The Balaban J connectivity index is 1.60. The van der Waals surface area contributed by atoms with E-state index in [0.29, 0.717) is 31.1 Å². The van der Waals surface area contributed by atoms with E-state index in [4.69, 9.17) is 14.6 Å². The zero-order valence-electron chi connectivity index (χ0n) is 24.6. The molecule has 0 saturated heterocycles. The first-order chi connectivity index (χ1) is 20.4. The number of benzene rings is 3. The molecule has 0 aromatic heterocycles. The average molecular weight is 612 g/mol. The molecule has 0 radical (unpaired) electrons. The van der Waals surface area contributed by atoms with Crippen molar-refractivity contribution in [2.45, 2.75) is 37.4 Å². The summed E-state index contributed by atoms with van der Waals surface area (Å²) in [7, 11) is -0.538. The Morgan fingerprint density at radius 2 is 1.81 bits per heavy atom. The molecule has 0 spiro atoms. The van der Waals surface area contributed by atoms with Crippen molar-refractivity contribution in [2.75, 3.05) is 38.6 Å². The summed E-state index contributed by atoms with van der Waals surface area (Å²) in [5, 5.41) is 19.1. The predicted molar refractivity (Wildman–Crippen MR) is 161 cm³/mol. The molecule has 230 valence electrons. The number of aromatic carboxylic acids is 1. The number of nitrogens with zero attached hydrogens (tertiary/aromatic N) is 2. The van der Waals surface area contributed by atoms with E-state index < -0.39 is 22.0 Å². The van der Waals surface area contributed by atoms with Gasteiger partial charge in [0.1, 0.15) is 17.6 Å². The van der Waals surface area contributed by atoms with E-state index >= 15 is 0 Å². The lowest BCUT2D eigenvalue weighted by atomic mass is 9.99. The number of likely N-dealkylation sites (N-methyl/N-ethyl adjacent to an activating group) is 1. The summed E-state index contributed by atoms with van der Waals surface area (Å²) >= 11 is 0. The maximum Gasteiger partial charge on any atom is 0.335 e. The molecule has 0 aliphatic carbocycles. The average Bonchev–Trinajstić information content (AvgIpc) is 2.99. The molecule has 0 saturated carbocycles. The van der Waals surface area contributed by atoms with Crippen LogP contribution in [0.2, 0.25) is 0 Å². The fourth-order valence-electron chi connectivity index (χ4n) is 4.91. The number of nitrogens with one attached hydrogen (secondary N) is 1. The van der Waals surface area contributed by atoms with Crippen LogP contribution in [0, 0.1) is 5.92 Å². The van der Waals surface area contributed by atoms with E-state index in [2.05, 4.69) is 9.62 Å². The number of rotatable bonds is 11. The minimum Gasteiger partial charge on any atom is -0.497 e. The van der Waals surface area contributed by atoms with Crippen molar-refractivity contribution in [2.24, 2.45) is 5.92 Å². The van der Waals surface area contributed by atoms with Gasteiger partial charge in [0, 0.05) is 31.2 Å². The number of hydrogen-bond donors (Lipinski definition) is 3. The number of carboxylic acids is 1. The molecule has 11 nitrogen and oxygen atoms in total. The number of sulfonamides is 1. The summed E-state index contributed by atoms with van der Waals surface area (Å²) in [6.07, 6.45) is -0.356. The molecule has 3 aromatic rings. The highest BCUT2D eigenvalue weighted by molar-refractivity contribution is 7.92. The van der Waals surface area contributed by atoms with Crippen LogP contribution in [0.3, 0.4) is 0 Å². The molecule has 4 rings (SSSR count). The highest BCUT2D eigenvalue weighted by atomic mass is 32.2. The second-order valence-corrected chi connectivity index (χ2v) is 12.5. The van der Waals surface area contributed by atoms with E-state index in [1.54, 1.807) is 60.4 Å². The number of carbonyl (C=O) groups is 2. The van der Waals surface area contributed by atoms with Gasteiger partial charge in [-0.25, -0.2) is 13.2 Å². The number of fused-ring (bicyclic) bond motifs is 1. The highest BCUT2D eigenvalue weighted by Gasteiger charge is 2.33. The fraction of sp³-hybridized carbons (Fsp3) is 0.355. The van der Waals surface area contributed by atoms with E-state index in [0.717, 1.165) is 5.56 Å². The zero-order chi connectivity index (χ0) is 31.3. The summed E-state index contributed by atoms with van der Waals surface area (Å²) in [6.45, 7) is 4.84. The van der Waals surface area contributed by atoms with Gasteiger partial charge in [0.15, 0.2) is 0 Å².